The van der Waals surface area contributed by atoms with Crippen LogP contribution in [0.2, 0.25) is 0 Å². The first-order valence-electron chi connectivity index (χ1n) is 9.75. The van der Waals surface area contributed by atoms with Gasteiger partial charge in [-0.2, -0.15) is 5.01 Å². The summed E-state index contributed by atoms with van der Waals surface area (Å²) in [5.41, 5.74) is 1.94. The van der Waals surface area contributed by atoms with Gasteiger partial charge in [0.1, 0.15) is 12.1 Å². The summed E-state index contributed by atoms with van der Waals surface area (Å²) in [6.07, 6.45) is -0.751. The smallest absolute Gasteiger partial charge is 0.308 e. The molecule has 2 heterocycles. The topological polar surface area (TPSA) is 108 Å². The van der Waals surface area contributed by atoms with Crippen LogP contribution in [0.1, 0.15) is 26.3 Å². The Morgan fingerprint density at radius 2 is 1.94 bits per heavy atom. The third-order valence-electron chi connectivity index (χ3n) is 4.55. The van der Waals surface area contributed by atoms with Crippen LogP contribution in [0.3, 0.4) is 0 Å². The van der Waals surface area contributed by atoms with Gasteiger partial charge in [0, 0.05) is 13.8 Å². The molecule has 31 heavy (non-hydrogen) atoms. The highest BCUT2D eigenvalue weighted by Gasteiger charge is 2.34. The van der Waals surface area contributed by atoms with E-state index in [-0.39, 0.29) is 24.1 Å². The molecular formula is C21H21N5O5. The number of nitrogens with zero attached hydrogens (tertiary/aromatic N) is 5. The number of carbonyl (C=O) groups is 2. The van der Waals surface area contributed by atoms with Gasteiger partial charge in [-0.05, 0) is 31.2 Å². The molecule has 0 bridgehead atoms. The molecular weight excluding hydrogens is 402 g/mol. The van der Waals surface area contributed by atoms with Crippen LogP contribution in [-0.4, -0.2) is 50.6 Å². The molecule has 4 rings (SSSR count). The van der Waals surface area contributed by atoms with Crippen LogP contribution in [0, 0.1) is 0 Å². The van der Waals surface area contributed by atoms with E-state index in [0.717, 1.165) is 11.0 Å². The van der Waals surface area contributed by atoms with Crippen molar-refractivity contribution in [3.63, 3.8) is 0 Å². The second-order valence-corrected chi connectivity index (χ2v) is 6.76. The lowest BCUT2D eigenvalue weighted by atomic mass is 10.2. The number of hydrogen-bond donors (Lipinski definition) is 0. The number of esters is 1. The summed E-state index contributed by atoms with van der Waals surface area (Å²) in [6, 6.07) is 12.6. The van der Waals surface area contributed by atoms with E-state index in [9.17, 15) is 9.59 Å². The zero-order valence-electron chi connectivity index (χ0n) is 17.3. The molecule has 1 aromatic heterocycles. The number of rotatable bonds is 6. The monoisotopic (exact) mass is 423 g/mol. The maximum absolute atomic E-state index is 12.2. The molecule has 2 aromatic carbocycles. The predicted molar refractivity (Wildman–Crippen MR) is 110 cm³/mol. The SMILES string of the molecule is CCOc1cccc(C2=NN(C(C)=O)[C@@H](Cn3nnc4ccccc43)O2)c1OC(C)=O. The Bertz CT molecular complexity index is 1170. The van der Waals surface area contributed by atoms with Gasteiger partial charge in [0.15, 0.2) is 11.5 Å². The van der Waals surface area contributed by atoms with E-state index in [1.54, 1.807) is 22.9 Å². The molecule has 1 aliphatic rings. The number of hydrogen-bond acceptors (Lipinski definition) is 8. The second-order valence-electron chi connectivity index (χ2n) is 6.76. The van der Waals surface area contributed by atoms with Gasteiger partial charge in [-0.15, -0.1) is 10.2 Å². The third kappa shape index (κ3) is 4.04. The molecule has 0 saturated heterocycles. The van der Waals surface area contributed by atoms with Crippen LogP contribution in [0.15, 0.2) is 47.6 Å². The van der Waals surface area contributed by atoms with Crippen molar-refractivity contribution in [2.45, 2.75) is 33.5 Å². The first-order chi connectivity index (χ1) is 15.0. The fourth-order valence-electron chi connectivity index (χ4n) is 3.27. The first-order valence-corrected chi connectivity index (χ1v) is 9.75. The van der Waals surface area contributed by atoms with Gasteiger partial charge in [-0.1, -0.05) is 23.4 Å². The highest BCUT2D eigenvalue weighted by molar-refractivity contribution is 6.00. The first kappa shape index (κ1) is 20.3. The Kier molecular flexibility index (Phi) is 5.52. The van der Waals surface area contributed by atoms with Gasteiger partial charge in [0.05, 0.1) is 17.7 Å². The normalized spacial score (nSPS) is 15.5. The van der Waals surface area contributed by atoms with Gasteiger partial charge < -0.3 is 14.2 Å². The van der Waals surface area contributed by atoms with Gasteiger partial charge in [0.25, 0.3) is 0 Å². The van der Waals surface area contributed by atoms with E-state index < -0.39 is 12.2 Å². The van der Waals surface area contributed by atoms with Crippen molar-refractivity contribution < 1.29 is 23.8 Å². The van der Waals surface area contributed by atoms with Gasteiger partial charge >= 0.3 is 5.97 Å². The van der Waals surface area contributed by atoms with Crippen LogP contribution in [-0.2, 0) is 20.9 Å². The highest BCUT2D eigenvalue weighted by Crippen LogP contribution is 2.34. The van der Waals surface area contributed by atoms with Crippen LogP contribution < -0.4 is 9.47 Å². The molecule has 0 N–H and O–H groups in total. The van der Waals surface area contributed by atoms with Crippen molar-refractivity contribution in [1.82, 2.24) is 20.0 Å². The Morgan fingerprint density at radius 3 is 2.68 bits per heavy atom. The average Bonchev–Trinajstić information content (AvgIpc) is 3.34. The van der Waals surface area contributed by atoms with Gasteiger partial charge in [-0.25, -0.2) is 4.68 Å². The number of para-hydroxylation sites is 2. The van der Waals surface area contributed by atoms with Crippen molar-refractivity contribution in [2.75, 3.05) is 6.61 Å². The lowest BCUT2D eigenvalue weighted by molar-refractivity contribution is -0.135. The number of aromatic nitrogens is 3. The number of benzene rings is 2. The number of hydrazone groups is 1. The summed E-state index contributed by atoms with van der Waals surface area (Å²) in [4.78, 5) is 23.9. The number of carbonyl (C=O) groups excluding carboxylic acids is 2. The van der Waals surface area contributed by atoms with Crippen molar-refractivity contribution in [3.05, 3.63) is 48.0 Å². The minimum absolute atomic E-state index is 0.141. The Balaban J connectivity index is 1.67. The van der Waals surface area contributed by atoms with Crippen LogP contribution in [0.25, 0.3) is 11.0 Å². The molecule has 0 aliphatic carbocycles. The fraction of sp³-hybridized carbons (Fsp3) is 0.286. The number of ether oxygens (including phenoxy) is 3. The molecule has 1 aliphatic heterocycles. The largest absolute Gasteiger partial charge is 0.490 e. The fourth-order valence-corrected chi connectivity index (χ4v) is 3.27. The maximum Gasteiger partial charge on any atom is 0.308 e. The molecule has 0 radical (unpaired) electrons. The van der Waals surface area contributed by atoms with Crippen molar-refractivity contribution >= 4 is 28.8 Å². The molecule has 0 unspecified atom stereocenters. The van der Waals surface area contributed by atoms with Crippen molar-refractivity contribution in [1.29, 1.82) is 0 Å². The average molecular weight is 423 g/mol. The van der Waals surface area contributed by atoms with Crippen LogP contribution in [0.5, 0.6) is 11.5 Å². The molecule has 0 spiro atoms. The number of fused-ring (bicyclic) bond motifs is 1. The number of amides is 1. The summed E-state index contributed by atoms with van der Waals surface area (Å²) in [6.45, 7) is 5.10. The van der Waals surface area contributed by atoms with E-state index >= 15 is 0 Å². The summed E-state index contributed by atoms with van der Waals surface area (Å²) in [5.74, 6) is -0.115. The van der Waals surface area contributed by atoms with Crippen molar-refractivity contribution in [2.24, 2.45) is 5.10 Å². The second kappa shape index (κ2) is 8.42. The summed E-state index contributed by atoms with van der Waals surface area (Å²) in [5, 5.41) is 13.9. The summed E-state index contributed by atoms with van der Waals surface area (Å²) >= 11 is 0. The van der Waals surface area contributed by atoms with Gasteiger partial charge in [-0.3, -0.25) is 9.59 Å². The van der Waals surface area contributed by atoms with E-state index in [1.807, 2.05) is 31.2 Å². The molecule has 0 saturated carbocycles. The molecule has 10 heteroatoms. The standard InChI is InChI=1S/C21H21N5O5/c1-4-29-18-11-7-8-15(20(18)30-14(3)28)21-23-26(13(2)27)19(31-21)12-25-17-10-6-5-9-16(17)22-24-25/h5-11,19H,4,12H2,1-3H3/t19-/m1/s1. The lowest BCUT2D eigenvalue weighted by Gasteiger charge is -2.19. The molecule has 1 amide bonds. The quantitative estimate of drug-likeness (QED) is 0.442. The van der Waals surface area contributed by atoms with Crippen molar-refractivity contribution in [3.8, 4) is 11.5 Å². The summed E-state index contributed by atoms with van der Waals surface area (Å²) < 4.78 is 18.6. The van der Waals surface area contributed by atoms with Gasteiger partial charge in [0.2, 0.25) is 18.0 Å². The third-order valence-corrected chi connectivity index (χ3v) is 4.55. The lowest BCUT2D eigenvalue weighted by Crippen LogP contribution is -2.35. The van der Waals surface area contributed by atoms with Crippen LogP contribution >= 0.6 is 0 Å². The molecule has 0 fully saturated rings. The van der Waals surface area contributed by atoms with Crippen LogP contribution in [0.4, 0.5) is 0 Å². The molecule has 1 atom stereocenters. The highest BCUT2D eigenvalue weighted by atomic mass is 16.6. The summed E-state index contributed by atoms with van der Waals surface area (Å²) in [7, 11) is 0. The van der Waals surface area contributed by atoms with E-state index in [4.69, 9.17) is 14.2 Å². The zero-order valence-corrected chi connectivity index (χ0v) is 17.3. The predicted octanol–water partition coefficient (Wildman–Crippen LogP) is 2.32. The Hall–Kier alpha value is -3.95. The maximum atomic E-state index is 12.2. The zero-order chi connectivity index (χ0) is 22.0. The van der Waals surface area contributed by atoms with E-state index in [1.165, 1.54) is 18.9 Å². The Labute approximate surface area is 178 Å². The van der Waals surface area contributed by atoms with E-state index in [2.05, 4.69) is 15.4 Å². The Morgan fingerprint density at radius 1 is 1.13 bits per heavy atom. The minimum Gasteiger partial charge on any atom is -0.490 e. The van der Waals surface area contributed by atoms with E-state index in [0.29, 0.717) is 17.9 Å². The molecule has 160 valence electrons. The molecule has 10 nitrogen and oxygen atoms in total. The minimum atomic E-state index is -0.751. The molecule has 3 aromatic rings.